The molecule has 0 aromatic heterocycles. The highest BCUT2D eigenvalue weighted by Crippen LogP contribution is 2.43. The molecule has 0 aliphatic carbocycles. The summed E-state index contributed by atoms with van der Waals surface area (Å²) < 4.78 is 5.37. The summed E-state index contributed by atoms with van der Waals surface area (Å²) in [5.41, 5.74) is 8.13. The number of piperidine rings is 1. The highest BCUT2D eigenvalue weighted by molar-refractivity contribution is 5.80. The van der Waals surface area contributed by atoms with E-state index in [1.807, 2.05) is 30.3 Å². The van der Waals surface area contributed by atoms with Crippen LogP contribution in [0.2, 0.25) is 0 Å². The number of carbonyl (C=O) groups is 2. The van der Waals surface area contributed by atoms with E-state index in [0.29, 0.717) is 12.8 Å². The summed E-state index contributed by atoms with van der Waals surface area (Å²) in [7, 11) is 0. The second kappa shape index (κ2) is 6.41. The molecule has 1 N–H and O–H groups in total. The second-order valence-corrected chi connectivity index (χ2v) is 6.27. The minimum Gasteiger partial charge on any atom is -0.481 e. The minimum atomic E-state index is -1.46. The Morgan fingerprint density at radius 1 is 1.29 bits per heavy atom. The maximum absolute atomic E-state index is 12.4. The predicted octanol–water partition coefficient (Wildman–Crippen LogP) is 3.08. The topological polar surface area (TPSA) is 116 Å². The van der Waals surface area contributed by atoms with Gasteiger partial charge in [-0.3, -0.25) is 4.79 Å². The Bertz CT molecular complexity index is 669. The first-order chi connectivity index (χ1) is 11.6. The van der Waals surface area contributed by atoms with Crippen molar-refractivity contribution in [2.45, 2.75) is 49.9 Å². The Hall–Kier alpha value is -2.73. The van der Waals surface area contributed by atoms with Gasteiger partial charge in [-0.25, -0.2) is 4.79 Å². The van der Waals surface area contributed by atoms with E-state index in [4.69, 9.17) is 10.3 Å². The highest BCUT2D eigenvalue weighted by atomic mass is 16.6. The molecule has 2 aliphatic rings. The molecule has 2 unspecified atom stereocenters. The zero-order valence-corrected chi connectivity index (χ0v) is 13.0. The standard InChI is InChI=1S/C16H18N4O4/c17-19-18-16(14(21)22)8-12-6-7-13(9-16)20(12)15(23)24-10-11-4-2-1-3-5-11/h1-5,12-13H,6-10H2,(H,21,22). The van der Waals surface area contributed by atoms with Crippen molar-refractivity contribution in [3.63, 3.8) is 0 Å². The van der Waals surface area contributed by atoms with Gasteiger partial charge in [0, 0.05) is 17.0 Å². The van der Waals surface area contributed by atoms with Crippen molar-refractivity contribution in [2.24, 2.45) is 5.11 Å². The normalized spacial score (nSPS) is 28.1. The number of fused-ring (bicyclic) bond motifs is 2. The maximum atomic E-state index is 12.4. The van der Waals surface area contributed by atoms with Crippen LogP contribution in [-0.4, -0.2) is 39.7 Å². The molecule has 1 amide bonds. The molecule has 2 atom stereocenters. The van der Waals surface area contributed by atoms with Gasteiger partial charge in [0.1, 0.15) is 12.1 Å². The molecule has 2 saturated heterocycles. The van der Waals surface area contributed by atoms with Crippen LogP contribution in [0.25, 0.3) is 10.4 Å². The summed E-state index contributed by atoms with van der Waals surface area (Å²) in [6, 6.07) is 8.83. The lowest BCUT2D eigenvalue weighted by atomic mass is 9.84. The predicted molar refractivity (Wildman–Crippen MR) is 84.0 cm³/mol. The van der Waals surface area contributed by atoms with Gasteiger partial charge in [0.15, 0.2) is 0 Å². The molecule has 1 aromatic rings. The fourth-order valence-corrected chi connectivity index (χ4v) is 3.70. The fourth-order valence-electron chi connectivity index (χ4n) is 3.70. The minimum absolute atomic E-state index is 0.128. The van der Waals surface area contributed by atoms with Crippen LogP contribution in [0, 0.1) is 0 Å². The van der Waals surface area contributed by atoms with Crippen molar-refractivity contribution < 1.29 is 19.4 Å². The van der Waals surface area contributed by atoms with Crippen molar-refractivity contribution in [2.75, 3.05) is 0 Å². The lowest BCUT2D eigenvalue weighted by molar-refractivity contribution is -0.146. The summed E-state index contributed by atoms with van der Waals surface area (Å²) in [5.74, 6) is -1.13. The molecule has 126 valence electrons. The number of amides is 1. The Morgan fingerprint density at radius 3 is 2.46 bits per heavy atom. The molecule has 3 rings (SSSR count). The Balaban J connectivity index is 1.69. The van der Waals surface area contributed by atoms with Gasteiger partial charge < -0.3 is 14.7 Å². The zero-order chi connectivity index (χ0) is 17.2. The van der Waals surface area contributed by atoms with Crippen LogP contribution in [0.3, 0.4) is 0 Å². The second-order valence-electron chi connectivity index (χ2n) is 6.27. The first-order valence-electron chi connectivity index (χ1n) is 7.84. The van der Waals surface area contributed by atoms with Gasteiger partial charge in [-0.2, -0.15) is 0 Å². The molecule has 0 radical (unpaired) electrons. The summed E-state index contributed by atoms with van der Waals surface area (Å²) in [4.78, 5) is 28.3. The van der Waals surface area contributed by atoms with Gasteiger partial charge in [-0.05, 0) is 36.8 Å². The molecule has 2 fully saturated rings. The number of hydrogen-bond donors (Lipinski definition) is 1. The van der Waals surface area contributed by atoms with E-state index in [1.54, 1.807) is 4.90 Å². The van der Waals surface area contributed by atoms with Gasteiger partial charge in [-0.1, -0.05) is 35.4 Å². The average Bonchev–Trinajstić information content (AvgIpc) is 2.85. The molecule has 1 aromatic carbocycles. The molecule has 2 aliphatic heterocycles. The number of hydrogen-bond acceptors (Lipinski definition) is 4. The third-order valence-electron chi connectivity index (χ3n) is 4.82. The Labute approximate surface area is 138 Å². The summed E-state index contributed by atoms with van der Waals surface area (Å²) in [6.45, 7) is 0.177. The smallest absolute Gasteiger partial charge is 0.410 e. The Kier molecular flexibility index (Phi) is 4.31. The first kappa shape index (κ1) is 16.1. The van der Waals surface area contributed by atoms with E-state index in [2.05, 4.69) is 10.0 Å². The van der Waals surface area contributed by atoms with Crippen molar-refractivity contribution >= 4 is 12.1 Å². The van der Waals surface area contributed by atoms with E-state index in [9.17, 15) is 14.7 Å². The summed E-state index contributed by atoms with van der Waals surface area (Å²) in [6.07, 6.45) is 1.21. The third kappa shape index (κ3) is 2.88. The molecule has 8 nitrogen and oxygen atoms in total. The summed E-state index contributed by atoms with van der Waals surface area (Å²) >= 11 is 0. The van der Waals surface area contributed by atoms with E-state index >= 15 is 0 Å². The fraction of sp³-hybridized carbons (Fsp3) is 0.500. The van der Waals surface area contributed by atoms with Crippen molar-refractivity contribution in [1.29, 1.82) is 0 Å². The van der Waals surface area contributed by atoms with E-state index in [0.717, 1.165) is 5.56 Å². The lowest BCUT2D eigenvalue weighted by Crippen LogP contribution is -2.55. The zero-order valence-electron chi connectivity index (χ0n) is 13.0. The van der Waals surface area contributed by atoms with Crippen LogP contribution < -0.4 is 0 Å². The van der Waals surface area contributed by atoms with Crippen LogP contribution in [0.1, 0.15) is 31.2 Å². The molecule has 8 heteroatoms. The number of carboxylic acids is 1. The largest absolute Gasteiger partial charge is 0.481 e. The quantitative estimate of drug-likeness (QED) is 0.518. The van der Waals surface area contributed by atoms with E-state index < -0.39 is 17.6 Å². The van der Waals surface area contributed by atoms with Crippen LogP contribution in [0.4, 0.5) is 4.79 Å². The third-order valence-corrected chi connectivity index (χ3v) is 4.82. The van der Waals surface area contributed by atoms with E-state index in [1.165, 1.54) is 0 Å². The van der Waals surface area contributed by atoms with Crippen LogP contribution in [0.5, 0.6) is 0 Å². The van der Waals surface area contributed by atoms with Gasteiger partial charge in [0.05, 0.1) is 0 Å². The van der Waals surface area contributed by atoms with E-state index in [-0.39, 0.29) is 31.5 Å². The van der Waals surface area contributed by atoms with Gasteiger partial charge in [0.2, 0.25) is 0 Å². The number of aliphatic carboxylic acids is 1. The number of nitrogens with zero attached hydrogens (tertiary/aromatic N) is 4. The Morgan fingerprint density at radius 2 is 1.92 bits per heavy atom. The van der Waals surface area contributed by atoms with Crippen molar-refractivity contribution in [3.05, 3.63) is 46.3 Å². The van der Waals surface area contributed by atoms with Gasteiger partial charge in [0.25, 0.3) is 0 Å². The highest BCUT2D eigenvalue weighted by Gasteiger charge is 2.54. The number of carbonyl (C=O) groups excluding carboxylic acids is 1. The molecule has 0 saturated carbocycles. The number of rotatable bonds is 4. The van der Waals surface area contributed by atoms with Crippen molar-refractivity contribution in [1.82, 2.24) is 4.90 Å². The van der Waals surface area contributed by atoms with Crippen LogP contribution in [0.15, 0.2) is 35.4 Å². The number of carboxylic acid groups (broad SMARTS) is 1. The average molecular weight is 330 g/mol. The molecular weight excluding hydrogens is 312 g/mol. The first-order valence-corrected chi connectivity index (χ1v) is 7.84. The monoisotopic (exact) mass is 330 g/mol. The molecular formula is C16H18N4O4. The SMILES string of the molecule is [N-]=[N+]=NC1(C(=O)O)CC2CCC(C1)N2C(=O)OCc1ccccc1. The lowest BCUT2D eigenvalue weighted by Gasteiger charge is -2.41. The summed E-state index contributed by atoms with van der Waals surface area (Å²) in [5, 5.41) is 13.0. The maximum Gasteiger partial charge on any atom is 0.410 e. The number of azide groups is 1. The molecule has 0 spiro atoms. The van der Waals surface area contributed by atoms with Crippen LogP contribution in [-0.2, 0) is 16.1 Å². The number of ether oxygens (including phenoxy) is 1. The van der Waals surface area contributed by atoms with Gasteiger partial charge in [-0.15, -0.1) is 0 Å². The molecule has 2 heterocycles. The van der Waals surface area contributed by atoms with Crippen LogP contribution >= 0.6 is 0 Å². The van der Waals surface area contributed by atoms with Gasteiger partial charge >= 0.3 is 12.1 Å². The molecule has 24 heavy (non-hydrogen) atoms. The van der Waals surface area contributed by atoms with Crippen molar-refractivity contribution in [3.8, 4) is 0 Å². The molecule has 2 bridgehead atoms. The number of benzene rings is 1.